The van der Waals surface area contributed by atoms with Crippen LogP contribution in [0, 0.1) is 11.8 Å². The first kappa shape index (κ1) is 16.3. The van der Waals surface area contributed by atoms with Crippen molar-refractivity contribution in [2.24, 2.45) is 11.8 Å². The number of amides is 1. The number of carboxylic acid groups (broad SMARTS) is 1. The zero-order chi connectivity index (χ0) is 15.9. The van der Waals surface area contributed by atoms with Gasteiger partial charge in [0.25, 0.3) is 0 Å². The van der Waals surface area contributed by atoms with Crippen molar-refractivity contribution in [3.63, 3.8) is 0 Å². The smallest absolute Gasteiger partial charge is 0.306 e. The SMILES string of the molecule is C=CCN(Cc1ccccc1)C(=O)C1CCC(C(=O)O)CC1. The molecule has 0 spiro atoms. The van der Waals surface area contributed by atoms with E-state index in [1.165, 1.54) is 0 Å². The van der Waals surface area contributed by atoms with E-state index in [9.17, 15) is 9.59 Å². The third-order valence-electron chi connectivity index (χ3n) is 4.30. The standard InChI is InChI=1S/C18H23NO3/c1-2-12-19(13-14-6-4-3-5-7-14)17(20)15-8-10-16(11-9-15)18(21)22/h2-7,15-16H,1,8-13H2,(H,21,22). The number of carbonyl (C=O) groups is 2. The zero-order valence-corrected chi connectivity index (χ0v) is 12.8. The quantitative estimate of drug-likeness (QED) is 0.821. The highest BCUT2D eigenvalue weighted by Crippen LogP contribution is 2.30. The molecule has 22 heavy (non-hydrogen) atoms. The molecule has 0 bridgehead atoms. The summed E-state index contributed by atoms with van der Waals surface area (Å²) in [5.41, 5.74) is 1.09. The van der Waals surface area contributed by atoms with Gasteiger partial charge in [0, 0.05) is 19.0 Å². The van der Waals surface area contributed by atoms with Crippen molar-refractivity contribution in [3.05, 3.63) is 48.6 Å². The molecule has 0 radical (unpaired) electrons. The van der Waals surface area contributed by atoms with Crippen LogP contribution in [0.15, 0.2) is 43.0 Å². The van der Waals surface area contributed by atoms with Gasteiger partial charge < -0.3 is 10.0 Å². The fourth-order valence-electron chi connectivity index (χ4n) is 3.04. The molecule has 4 nitrogen and oxygen atoms in total. The molecule has 1 amide bonds. The van der Waals surface area contributed by atoms with E-state index in [1.54, 1.807) is 6.08 Å². The van der Waals surface area contributed by atoms with E-state index in [4.69, 9.17) is 5.11 Å². The Morgan fingerprint density at radius 3 is 2.27 bits per heavy atom. The number of rotatable bonds is 6. The van der Waals surface area contributed by atoms with Gasteiger partial charge in [-0.15, -0.1) is 6.58 Å². The zero-order valence-electron chi connectivity index (χ0n) is 12.8. The number of carboxylic acids is 1. The van der Waals surface area contributed by atoms with Crippen molar-refractivity contribution in [2.75, 3.05) is 6.54 Å². The van der Waals surface area contributed by atoms with Crippen LogP contribution in [0.4, 0.5) is 0 Å². The minimum Gasteiger partial charge on any atom is -0.481 e. The lowest BCUT2D eigenvalue weighted by Gasteiger charge is -2.30. The second kappa shape index (κ2) is 7.78. The van der Waals surface area contributed by atoms with Crippen molar-refractivity contribution in [2.45, 2.75) is 32.2 Å². The Morgan fingerprint density at radius 2 is 1.73 bits per heavy atom. The second-order valence-corrected chi connectivity index (χ2v) is 5.88. The maximum absolute atomic E-state index is 12.7. The Kier molecular flexibility index (Phi) is 5.75. The number of nitrogens with zero attached hydrogens (tertiary/aromatic N) is 1. The van der Waals surface area contributed by atoms with Gasteiger partial charge in [0.05, 0.1) is 5.92 Å². The average Bonchev–Trinajstić information content (AvgIpc) is 2.55. The molecular weight excluding hydrogens is 278 g/mol. The predicted molar refractivity (Wildman–Crippen MR) is 85.1 cm³/mol. The van der Waals surface area contributed by atoms with Crippen LogP contribution in [0.2, 0.25) is 0 Å². The molecule has 1 aliphatic rings. The van der Waals surface area contributed by atoms with Gasteiger partial charge >= 0.3 is 5.97 Å². The number of carbonyl (C=O) groups excluding carboxylic acids is 1. The van der Waals surface area contributed by atoms with Gasteiger partial charge in [0.1, 0.15) is 0 Å². The highest BCUT2D eigenvalue weighted by Gasteiger charge is 2.31. The van der Waals surface area contributed by atoms with Crippen LogP contribution < -0.4 is 0 Å². The molecule has 1 aromatic carbocycles. The topological polar surface area (TPSA) is 57.6 Å². The summed E-state index contributed by atoms with van der Waals surface area (Å²) >= 11 is 0. The summed E-state index contributed by atoms with van der Waals surface area (Å²) in [6.07, 6.45) is 4.26. The van der Waals surface area contributed by atoms with E-state index in [0.29, 0.717) is 38.8 Å². The van der Waals surface area contributed by atoms with Crippen molar-refractivity contribution < 1.29 is 14.7 Å². The third-order valence-corrected chi connectivity index (χ3v) is 4.30. The van der Waals surface area contributed by atoms with Crippen LogP contribution in [0.3, 0.4) is 0 Å². The molecule has 0 aliphatic heterocycles. The van der Waals surface area contributed by atoms with E-state index in [0.717, 1.165) is 5.56 Å². The molecule has 0 heterocycles. The first-order valence-corrected chi connectivity index (χ1v) is 7.78. The van der Waals surface area contributed by atoms with Crippen molar-refractivity contribution in [3.8, 4) is 0 Å². The Morgan fingerprint density at radius 1 is 1.14 bits per heavy atom. The van der Waals surface area contributed by atoms with E-state index < -0.39 is 5.97 Å². The van der Waals surface area contributed by atoms with Crippen LogP contribution in [0.25, 0.3) is 0 Å². The van der Waals surface area contributed by atoms with Crippen LogP contribution in [-0.2, 0) is 16.1 Å². The first-order chi connectivity index (χ1) is 10.6. The molecule has 118 valence electrons. The molecule has 1 aromatic rings. The maximum Gasteiger partial charge on any atom is 0.306 e. The summed E-state index contributed by atoms with van der Waals surface area (Å²) in [5, 5.41) is 9.04. The maximum atomic E-state index is 12.7. The summed E-state index contributed by atoms with van der Waals surface area (Å²) in [6.45, 7) is 4.83. The molecule has 0 saturated heterocycles. The molecule has 1 N–H and O–H groups in total. The van der Waals surface area contributed by atoms with Crippen LogP contribution in [0.1, 0.15) is 31.2 Å². The van der Waals surface area contributed by atoms with E-state index in [1.807, 2.05) is 35.2 Å². The van der Waals surface area contributed by atoms with Crippen molar-refractivity contribution >= 4 is 11.9 Å². The molecule has 1 saturated carbocycles. The van der Waals surface area contributed by atoms with Gasteiger partial charge in [0.15, 0.2) is 0 Å². The fraction of sp³-hybridized carbons (Fsp3) is 0.444. The monoisotopic (exact) mass is 301 g/mol. The van der Waals surface area contributed by atoms with E-state index in [2.05, 4.69) is 6.58 Å². The van der Waals surface area contributed by atoms with Crippen LogP contribution in [-0.4, -0.2) is 28.4 Å². The molecule has 4 heteroatoms. The lowest BCUT2D eigenvalue weighted by molar-refractivity contribution is -0.145. The average molecular weight is 301 g/mol. The number of aliphatic carboxylic acids is 1. The molecular formula is C18H23NO3. The second-order valence-electron chi connectivity index (χ2n) is 5.88. The Hall–Kier alpha value is -2.10. The number of hydrogen-bond donors (Lipinski definition) is 1. The molecule has 0 atom stereocenters. The minimum absolute atomic E-state index is 0.0562. The summed E-state index contributed by atoms with van der Waals surface area (Å²) in [7, 11) is 0. The van der Waals surface area contributed by atoms with Crippen molar-refractivity contribution in [1.29, 1.82) is 0 Å². The normalized spacial score (nSPS) is 21.1. The number of benzene rings is 1. The van der Waals surface area contributed by atoms with Crippen LogP contribution >= 0.6 is 0 Å². The predicted octanol–water partition coefficient (Wildman–Crippen LogP) is 3.09. The lowest BCUT2D eigenvalue weighted by atomic mass is 9.81. The fourth-order valence-corrected chi connectivity index (χ4v) is 3.04. The first-order valence-electron chi connectivity index (χ1n) is 7.78. The van der Waals surface area contributed by atoms with Crippen LogP contribution in [0.5, 0.6) is 0 Å². The molecule has 1 fully saturated rings. The van der Waals surface area contributed by atoms with Gasteiger partial charge in [-0.3, -0.25) is 9.59 Å². The van der Waals surface area contributed by atoms with Gasteiger partial charge in [0.2, 0.25) is 5.91 Å². The van der Waals surface area contributed by atoms with Gasteiger partial charge in [-0.25, -0.2) is 0 Å². The minimum atomic E-state index is -0.738. The highest BCUT2D eigenvalue weighted by atomic mass is 16.4. The molecule has 2 rings (SSSR count). The van der Waals surface area contributed by atoms with Gasteiger partial charge in [-0.05, 0) is 31.2 Å². The third kappa shape index (κ3) is 4.20. The Balaban J connectivity index is 1.98. The van der Waals surface area contributed by atoms with Gasteiger partial charge in [-0.2, -0.15) is 0 Å². The molecule has 0 aromatic heterocycles. The lowest BCUT2D eigenvalue weighted by Crippen LogP contribution is -2.38. The summed E-state index contributed by atoms with van der Waals surface area (Å²) in [4.78, 5) is 25.5. The number of hydrogen-bond acceptors (Lipinski definition) is 2. The Bertz CT molecular complexity index is 518. The van der Waals surface area contributed by atoms with Gasteiger partial charge in [-0.1, -0.05) is 36.4 Å². The summed E-state index contributed by atoms with van der Waals surface area (Å²) in [5.74, 6) is -0.962. The summed E-state index contributed by atoms with van der Waals surface area (Å²) in [6, 6.07) is 9.89. The summed E-state index contributed by atoms with van der Waals surface area (Å²) < 4.78 is 0. The molecule has 1 aliphatic carbocycles. The highest BCUT2D eigenvalue weighted by molar-refractivity contribution is 5.79. The van der Waals surface area contributed by atoms with E-state index in [-0.39, 0.29) is 17.7 Å². The van der Waals surface area contributed by atoms with Crippen molar-refractivity contribution in [1.82, 2.24) is 4.90 Å². The van der Waals surface area contributed by atoms with E-state index >= 15 is 0 Å². The largest absolute Gasteiger partial charge is 0.481 e. The Labute approximate surface area is 131 Å². The molecule has 0 unspecified atom stereocenters.